The molecule has 0 radical (unpaired) electrons. The summed E-state index contributed by atoms with van der Waals surface area (Å²) in [5, 5.41) is 2.57. The fourth-order valence-corrected chi connectivity index (χ4v) is 2.92. The highest BCUT2D eigenvalue weighted by molar-refractivity contribution is 5.94. The molecule has 0 fully saturated rings. The number of nitrogens with one attached hydrogen (secondary N) is 1. The van der Waals surface area contributed by atoms with Crippen LogP contribution in [0, 0.1) is 6.92 Å². The van der Waals surface area contributed by atoms with Crippen molar-refractivity contribution in [2.24, 2.45) is 7.05 Å². The quantitative estimate of drug-likeness (QED) is 0.682. The van der Waals surface area contributed by atoms with Gasteiger partial charge in [-0.3, -0.25) is 14.3 Å². The SMILES string of the molecule is Cc1c(NC(=O)[C@H](C)Oc2ccc(C(F)(F)F)cc2)c(=O)n(-c2ccccc2)n1C. The van der Waals surface area contributed by atoms with Crippen LogP contribution in [0.3, 0.4) is 0 Å². The number of ether oxygens (including phenoxy) is 1. The number of halogens is 3. The summed E-state index contributed by atoms with van der Waals surface area (Å²) in [5.74, 6) is -0.488. The first kappa shape index (κ1) is 21.2. The molecule has 0 aliphatic heterocycles. The monoisotopic (exact) mass is 419 g/mol. The predicted octanol–water partition coefficient (Wildman–Crippen LogP) is 3.91. The van der Waals surface area contributed by atoms with Crippen molar-refractivity contribution in [2.45, 2.75) is 26.1 Å². The van der Waals surface area contributed by atoms with E-state index in [2.05, 4.69) is 5.32 Å². The summed E-state index contributed by atoms with van der Waals surface area (Å²) in [6.45, 7) is 3.14. The van der Waals surface area contributed by atoms with Gasteiger partial charge in [-0.25, -0.2) is 4.68 Å². The Hall–Kier alpha value is -3.49. The van der Waals surface area contributed by atoms with Gasteiger partial charge < -0.3 is 10.1 Å². The molecule has 0 saturated carbocycles. The van der Waals surface area contributed by atoms with Crippen LogP contribution in [0.25, 0.3) is 5.69 Å². The summed E-state index contributed by atoms with van der Waals surface area (Å²) in [6.07, 6.45) is -5.49. The van der Waals surface area contributed by atoms with Crippen LogP contribution in [-0.4, -0.2) is 21.4 Å². The van der Waals surface area contributed by atoms with Crippen LogP contribution in [0.4, 0.5) is 18.9 Å². The van der Waals surface area contributed by atoms with Crippen molar-refractivity contribution in [1.82, 2.24) is 9.36 Å². The molecular formula is C21H20F3N3O3. The molecule has 0 aliphatic carbocycles. The van der Waals surface area contributed by atoms with Crippen LogP contribution in [0.5, 0.6) is 5.75 Å². The molecule has 0 bridgehead atoms. The molecule has 0 spiro atoms. The summed E-state index contributed by atoms with van der Waals surface area (Å²) in [4.78, 5) is 25.4. The van der Waals surface area contributed by atoms with Crippen molar-refractivity contribution in [3.8, 4) is 11.4 Å². The van der Waals surface area contributed by atoms with E-state index in [0.29, 0.717) is 11.4 Å². The summed E-state index contributed by atoms with van der Waals surface area (Å²) in [7, 11) is 1.70. The fraction of sp³-hybridized carbons (Fsp3) is 0.238. The maximum Gasteiger partial charge on any atom is 0.416 e. The van der Waals surface area contributed by atoms with E-state index >= 15 is 0 Å². The molecule has 1 heterocycles. The van der Waals surface area contributed by atoms with Gasteiger partial charge in [0, 0.05) is 7.05 Å². The van der Waals surface area contributed by atoms with Crippen molar-refractivity contribution < 1.29 is 22.7 Å². The number of carbonyl (C=O) groups excluding carboxylic acids is 1. The Bertz CT molecular complexity index is 1100. The van der Waals surface area contributed by atoms with E-state index in [1.165, 1.54) is 11.6 Å². The first-order valence-corrected chi connectivity index (χ1v) is 9.08. The molecule has 30 heavy (non-hydrogen) atoms. The Kier molecular flexibility index (Phi) is 5.73. The molecule has 6 nitrogen and oxygen atoms in total. The standard InChI is InChI=1S/C21H20F3N3O3/c1-13-18(20(29)27(26(13)3)16-7-5-4-6-8-16)25-19(28)14(2)30-17-11-9-15(10-12-17)21(22,23)24/h4-12,14H,1-3H3,(H,25,28)/t14-/m0/s1. The number of hydrogen-bond donors (Lipinski definition) is 1. The lowest BCUT2D eigenvalue weighted by Crippen LogP contribution is -2.32. The number of aromatic nitrogens is 2. The average Bonchev–Trinajstić information content (AvgIpc) is 2.91. The van der Waals surface area contributed by atoms with Crippen LogP contribution in [-0.2, 0) is 18.0 Å². The van der Waals surface area contributed by atoms with Gasteiger partial charge in [0.2, 0.25) is 0 Å². The topological polar surface area (TPSA) is 65.3 Å². The van der Waals surface area contributed by atoms with E-state index in [9.17, 15) is 22.8 Å². The molecule has 0 saturated heterocycles. The van der Waals surface area contributed by atoms with E-state index in [1.807, 2.05) is 6.07 Å². The van der Waals surface area contributed by atoms with Crippen LogP contribution in [0.2, 0.25) is 0 Å². The van der Waals surface area contributed by atoms with Crippen molar-refractivity contribution in [3.05, 3.63) is 76.2 Å². The highest BCUT2D eigenvalue weighted by Gasteiger charge is 2.30. The van der Waals surface area contributed by atoms with Gasteiger partial charge in [0.05, 0.1) is 16.9 Å². The van der Waals surface area contributed by atoms with E-state index in [4.69, 9.17) is 4.74 Å². The highest BCUT2D eigenvalue weighted by Crippen LogP contribution is 2.30. The maximum atomic E-state index is 12.8. The normalized spacial score (nSPS) is 12.5. The third kappa shape index (κ3) is 4.24. The predicted molar refractivity (Wildman–Crippen MR) is 106 cm³/mol. The van der Waals surface area contributed by atoms with Gasteiger partial charge in [-0.15, -0.1) is 0 Å². The minimum Gasteiger partial charge on any atom is -0.481 e. The molecule has 2 aromatic carbocycles. The Morgan fingerprint density at radius 3 is 2.23 bits per heavy atom. The van der Waals surface area contributed by atoms with Gasteiger partial charge in [0.15, 0.2) is 6.10 Å². The molecule has 3 aromatic rings. The molecular weight excluding hydrogens is 399 g/mol. The van der Waals surface area contributed by atoms with Gasteiger partial charge in [0.1, 0.15) is 11.4 Å². The minimum atomic E-state index is -4.45. The minimum absolute atomic E-state index is 0.106. The smallest absolute Gasteiger partial charge is 0.416 e. The molecule has 1 N–H and O–H groups in total. The van der Waals surface area contributed by atoms with Crippen LogP contribution in [0.15, 0.2) is 59.4 Å². The number of hydrogen-bond acceptors (Lipinski definition) is 3. The van der Waals surface area contributed by atoms with E-state index < -0.39 is 29.3 Å². The largest absolute Gasteiger partial charge is 0.481 e. The van der Waals surface area contributed by atoms with Crippen LogP contribution < -0.4 is 15.6 Å². The number of para-hydroxylation sites is 1. The number of benzene rings is 2. The fourth-order valence-electron chi connectivity index (χ4n) is 2.92. The maximum absolute atomic E-state index is 12.8. The number of rotatable bonds is 5. The third-order valence-electron chi connectivity index (χ3n) is 4.67. The van der Waals surface area contributed by atoms with Gasteiger partial charge in [-0.05, 0) is 50.2 Å². The molecule has 1 aromatic heterocycles. The number of carbonyl (C=O) groups is 1. The number of nitrogens with zero attached hydrogens (tertiary/aromatic N) is 2. The van der Waals surface area contributed by atoms with Crippen molar-refractivity contribution in [1.29, 1.82) is 0 Å². The summed E-state index contributed by atoms with van der Waals surface area (Å²) >= 11 is 0. The first-order chi connectivity index (χ1) is 14.1. The van der Waals surface area contributed by atoms with E-state index in [-0.39, 0.29) is 11.4 Å². The van der Waals surface area contributed by atoms with Crippen molar-refractivity contribution >= 4 is 11.6 Å². The molecule has 0 aliphatic rings. The number of amides is 1. The second kappa shape index (κ2) is 8.10. The molecule has 3 rings (SSSR count). The lowest BCUT2D eigenvalue weighted by Gasteiger charge is -2.15. The van der Waals surface area contributed by atoms with Crippen molar-refractivity contribution in [2.75, 3.05) is 5.32 Å². The molecule has 0 unspecified atom stereocenters. The molecule has 9 heteroatoms. The Morgan fingerprint density at radius 2 is 1.67 bits per heavy atom. The van der Waals surface area contributed by atoms with Crippen LogP contribution in [0.1, 0.15) is 18.2 Å². The Morgan fingerprint density at radius 1 is 1.07 bits per heavy atom. The molecule has 1 amide bonds. The second-order valence-corrected chi connectivity index (χ2v) is 6.71. The van der Waals surface area contributed by atoms with Gasteiger partial charge in [-0.2, -0.15) is 13.2 Å². The lowest BCUT2D eigenvalue weighted by atomic mass is 10.2. The average molecular weight is 419 g/mol. The van der Waals surface area contributed by atoms with Crippen LogP contribution >= 0.6 is 0 Å². The van der Waals surface area contributed by atoms with E-state index in [1.54, 1.807) is 42.9 Å². The Labute approximate surface area is 170 Å². The second-order valence-electron chi connectivity index (χ2n) is 6.71. The third-order valence-corrected chi connectivity index (χ3v) is 4.67. The molecule has 1 atom stereocenters. The van der Waals surface area contributed by atoms with Gasteiger partial charge in [0.25, 0.3) is 11.5 Å². The lowest BCUT2D eigenvalue weighted by molar-refractivity contribution is -0.137. The Balaban J connectivity index is 1.77. The zero-order chi connectivity index (χ0) is 22.1. The molecule has 158 valence electrons. The van der Waals surface area contributed by atoms with Gasteiger partial charge in [-0.1, -0.05) is 18.2 Å². The number of anilines is 1. The number of alkyl halides is 3. The first-order valence-electron chi connectivity index (χ1n) is 9.08. The van der Waals surface area contributed by atoms with Crippen molar-refractivity contribution in [3.63, 3.8) is 0 Å². The summed E-state index contributed by atoms with van der Waals surface area (Å²) in [6, 6.07) is 13.0. The highest BCUT2D eigenvalue weighted by atomic mass is 19.4. The zero-order valence-electron chi connectivity index (χ0n) is 16.5. The van der Waals surface area contributed by atoms with E-state index in [0.717, 1.165) is 24.3 Å². The summed E-state index contributed by atoms with van der Waals surface area (Å²) in [5.41, 5.74) is 0.0698. The summed E-state index contributed by atoms with van der Waals surface area (Å²) < 4.78 is 46.4. The zero-order valence-corrected chi connectivity index (χ0v) is 16.5. The van der Waals surface area contributed by atoms with Gasteiger partial charge >= 0.3 is 6.18 Å².